The van der Waals surface area contributed by atoms with E-state index in [4.69, 9.17) is 5.14 Å². The zero-order valence-electron chi connectivity index (χ0n) is 13.5. The van der Waals surface area contributed by atoms with Crippen LogP contribution in [0.3, 0.4) is 0 Å². The Morgan fingerprint density at radius 3 is 2.36 bits per heavy atom. The zero-order chi connectivity index (χ0) is 17.9. The van der Waals surface area contributed by atoms with E-state index >= 15 is 0 Å². The van der Waals surface area contributed by atoms with E-state index in [2.05, 4.69) is 20.6 Å². The molecule has 1 aromatic carbocycles. The molecule has 9 heteroatoms. The highest BCUT2D eigenvalue weighted by molar-refractivity contribution is 7.89. The summed E-state index contributed by atoms with van der Waals surface area (Å²) in [6, 6.07) is 6.69. The van der Waals surface area contributed by atoms with E-state index < -0.39 is 10.0 Å². The van der Waals surface area contributed by atoms with Gasteiger partial charge in [0, 0.05) is 25.0 Å². The first kappa shape index (κ1) is 17.3. The molecule has 1 fully saturated rings. The molecule has 1 aliphatic rings. The lowest BCUT2D eigenvalue weighted by Gasteiger charge is -2.07. The molecular weight excluding hydrogens is 342 g/mol. The zero-order valence-corrected chi connectivity index (χ0v) is 14.3. The normalized spacial score (nSPS) is 14.1. The van der Waals surface area contributed by atoms with Crippen molar-refractivity contribution in [2.24, 2.45) is 5.14 Å². The average Bonchev–Trinajstić information content (AvgIpc) is 3.39. The molecule has 3 rings (SSSR count). The molecule has 0 saturated heterocycles. The first-order valence-electron chi connectivity index (χ1n) is 7.90. The number of hydrogen-bond donors (Lipinski definition) is 3. The Kier molecular flexibility index (Phi) is 4.95. The van der Waals surface area contributed by atoms with Gasteiger partial charge >= 0.3 is 0 Å². The monoisotopic (exact) mass is 361 g/mol. The van der Waals surface area contributed by atoms with E-state index in [-0.39, 0.29) is 10.8 Å². The van der Waals surface area contributed by atoms with Crippen molar-refractivity contribution in [1.29, 1.82) is 0 Å². The van der Waals surface area contributed by atoms with E-state index in [0.29, 0.717) is 30.5 Å². The number of carbonyl (C=O) groups excluding carboxylic acids is 1. The van der Waals surface area contributed by atoms with Gasteiger partial charge in [0.25, 0.3) is 5.91 Å². The van der Waals surface area contributed by atoms with Crippen LogP contribution in [0, 0.1) is 0 Å². The van der Waals surface area contributed by atoms with Crippen molar-refractivity contribution in [2.75, 3.05) is 11.9 Å². The second-order valence-corrected chi connectivity index (χ2v) is 7.47. The number of aromatic nitrogens is 2. The van der Waals surface area contributed by atoms with Crippen LogP contribution in [0.15, 0.2) is 41.6 Å². The van der Waals surface area contributed by atoms with Gasteiger partial charge in [-0.3, -0.25) is 4.79 Å². The number of amides is 1. The highest BCUT2D eigenvalue weighted by Crippen LogP contribution is 2.19. The van der Waals surface area contributed by atoms with Crippen molar-refractivity contribution in [3.8, 4) is 0 Å². The van der Waals surface area contributed by atoms with Crippen molar-refractivity contribution < 1.29 is 13.2 Å². The maximum absolute atomic E-state index is 11.8. The van der Waals surface area contributed by atoms with Crippen molar-refractivity contribution >= 4 is 21.9 Å². The fraction of sp³-hybridized carbons (Fsp3) is 0.312. The Morgan fingerprint density at radius 2 is 1.80 bits per heavy atom. The quantitative estimate of drug-likeness (QED) is 0.665. The topological polar surface area (TPSA) is 127 Å². The molecule has 0 atom stereocenters. The van der Waals surface area contributed by atoms with Crippen molar-refractivity contribution in [3.63, 3.8) is 0 Å². The van der Waals surface area contributed by atoms with Crippen LogP contribution in [0.1, 0.15) is 28.8 Å². The molecule has 0 bridgehead atoms. The number of anilines is 1. The molecule has 1 aromatic heterocycles. The predicted octanol–water partition coefficient (Wildman–Crippen LogP) is 0.671. The van der Waals surface area contributed by atoms with Crippen LogP contribution in [0.4, 0.5) is 5.95 Å². The third-order valence-electron chi connectivity index (χ3n) is 3.78. The summed E-state index contributed by atoms with van der Waals surface area (Å²) in [5.41, 5.74) is 1.40. The third kappa shape index (κ3) is 4.97. The van der Waals surface area contributed by atoms with Crippen molar-refractivity contribution in [3.05, 3.63) is 47.8 Å². The van der Waals surface area contributed by atoms with E-state index in [1.54, 1.807) is 12.1 Å². The fourth-order valence-electron chi connectivity index (χ4n) is 2.20. The summed E-state index contributed by atoms with van der Waals surface area (Å²) in [5, 5.41) is 11.0. The minimum Gasteiger partial charge on any atom is -0.354 e. The number of sulfonamides is 1. The second kappa shape index (κ2) is 7.16. The van der Waals surface area contributed by atoms with Crippen LogP contribution in [-0.4, -0.2) is 36.9 Å². The molecular formula is C16H19N5O3S. The number of benzene rings is 1. The van der Waals surface area contributed by atoms with Gasteiger partial charge in [-0.25, -0.2) is 23.5 Å². The molecule has 8 nitrogen and oxygen atoms in total. The minimum atomic E-state index is -3.67. The molecule has 0 aliphatic heterocycles. The van der Waals surface area contributed by atoms with Crippen molar-refractivity contribution in [2.45, 2.75) is 30.2 Å². The maximum atomic E-state index is 11.8. The van der Waals surface area contributed by atoms with Gasteiger partial charge < -0.3 is 10.6 Å². The first-order valence-corrected chi connectivity index (χ1v) is 9.45. The van der Waals surface area contributed by atoms with Crippen LogP contribution >= 0.6 is 0 Å². The van der Waals surface area contributed by atoms with Gasteiger partial charge in [0.15, 0.2) is 0 Å². The summed E-state index contributed by atoms with van der Waals surface area (Å²) >= 11 is 0. The molecule has 1 amide bonds. The van der Waals surface area contributed by atoms with E-state index in [0.717, 1.165) is 18.4 Å². The molecule has 0 unspecified atom stereocenters. The van der Waals surface area contributed by atoms with Crippen LogP contribution in [-0.2, 0) is 16.4 Å². The number of nitrogens with zero attached hydrogens (tertiary/aromatic N) is 2. The van der Waals surface area contributed by atoms with E-state index in [9.17, 15) is 13.2 Å². The van der Waals surface area contributed by atoms with Gasteiger partial charge in [-0.1, -0.05) is 12.1 Å². The lowest BCUT2D eigenvalue weighted by Crippen LogP contribution is -2.25. The molecule has 132 valence electrons. The predicted molar refractivity (Wildman–Crippen MR) is 92.5 cm³/mol. The SMILES string of the molecule is NS(=O)(=O)c1ccc(CCNc2ncc(C(=O)NC3CC3)cn2)cc1. The first-order chi connectivity index (χ1) is 11.9. The average molecular weight is 361 g/mol. The lowest BCUT2D eigenvalue weighted by atomic mass is 10.1. The maximum Gasteiger partial charge on any atom is 0.254 e. The molecule has 0 radical (unpaired) electrons. The van der Waals surface area contributed by atoms with E-state index in [1.807, 2.05) is 0 Å². The van der Waals surface area contributed by atoms with Crippen LogP contribution < -0.4 is 15.8 Å². The minimum absolute atomic E-state index is 0.0904. The van der Waals surface area contributed by atoms with Crippen molar-refractivity contribution in [1.82, 2.24) is 15.3 Å². The molecule has 4 N–H and O–H groups in total. The summed E-state index contributed by atoms with van der Waals surface area (Å²) in [6.45, 7) is 0.572. The Labute approximate surface area is 145 Å². The number of nitrogens with one attached hydrogen (secondary N) is 2. The van der Waals surface area contributed by atoms with Gasteiger partial charge in [0.2, 0.25) is 16.0 Å². The van der Waals surface area contributed by atoms with Gasteiger partial charge in [0.05, 0.1) is 10.5 Å². The lowest BCUT2D eigenvalue weighted by molar-refractivity contribution is 0.0950. The Bertz CT molecular complexity index is 846. The largest absolute Gasteiger partial charge is 0.354 e. The van der Waals surface area contributed by atoms with Crippen LogP contribution in [0.2, 0.25) is 0 Å². The van der Waals surface area contributed by atoms with E-state index in [1.165, 1.54) is 24.5 Å². The number of rotatable bonds is 7. The van der Waals surface area contributed by atoms with Gasteiger partial charge in [-0.15, -0.1) is 0 Å². The van der Waals surface area contributed by atoms with Crippen LogP contribution in [0.25, 0.3) is 0 Å². The number of nitrogens with two attached hydrogens (primary N) is 1. The van der Waals surface area contributed by atoms with Gasteiger partial charge in [-0.2, -0.15) is 0 Å². The number of carbonyl (C=O) groups is 1. The standard InChI is InChI=1S/C16H19N5O3S/c17-25(23,24)14-5-1-11(2-6-14)7-8-18-16-19-9-12(10-20-16)15(22)21-13-3-4-13/h1-2,5-6,9-10,13H,3-4,7-8H2,(H,21,22)(H2,17,23,24)(H,18,19,20). The smallest absolute Gasteiger partial charge is 0.254 e. The Balaban J connectivity index is 1.49. The molecule has 2 aromatic rings. The molecule has 1 aliphatic carbocycles. The molecule has 0 spiro atoms. The Hall–Kier alpha value is -2.52. The highest BCUT2D eigenvalue weighted by atomic mass is 32.2. The van der Waals surface area contributed by atoms with Crippen LogP contribution in [0.5, 0.6) is 0 Å². The molecule has 25 heavy (non-hydrogen) atoms. The van der Waals surface area contributed by atoms with Gasteiger partial charge in [0.1, 0.15) is 0 Å². The summed E-state index contributed by atoms with van der Waals surface area (Å²) in [7, 11) is -3.67. The summed E-state index contributed by atoms with van der Waals surface area (Å²) in [4.78, 5) is 20.2. The fourth-order valence-corrected chi connectivity index (χ4v) is 2.71. The summed E-state index contributed by atoms with van der Waals surface area (Å²) in [6.07, 6.45) is 5.72. The third-order valence-corrected chi connectivity index (χ3v) is 4.70. The molecule has 1 saturated carbocycles. The second-order valence-electron chi connectivity index (χ2n) is 5.91. The summed E-state index contributed by atoms with van der Waals surface area (Å²) in [5.74, 6) is 0.285. The number of primary sulfonamides is 1. The van der Waals surface area contributed by atoms with Gasteiger partial charge in [-0.05, 0) is 37.0 Å². The Morgan fingerprint density at radius 1 is 1.16 bits per heavy atom. The molecule has 1 heterocycles. The number of hydrogen-bond acceptors (Lipinski definition) is 6. The summed E-state index contributed by atoms with van der Waals surface area (Å²) < 4.78 is 22.4. The highest BCUT2D eigenvalue weighted by Gasteiger charge is 2.23.